The van der Waals surface area contributed by atoms with Crippen molar-refractivity contribution in [2.75, 3.05) is 20.8 Å². The number of ketones is 1. The Balaban J connectivity index is 1.37. The maximum Gasteiger partial charge on any atom is 0.307 e. The lowest BCUT2D eigenvalue weighted by molar-refractivity contribution is -0.160. The van der Waals surface area contributed by atoms with E-state index in [-0.39, 0.29) is 67.5 Å². The number of hydrogen-bond acceptors (Lipinski definition) is 11. The van der Waals surface area contributed by atoms with Gasteiger partial charge < -0.3 is 23.8 Å². The number of sulfonamides is 1. The van der Waals surface area contributed by atoms with Crippen LogP contribution in [0.1, 0.15) is 92.4 Å². The van der Waals surface area contributed by atoms with Crippen molar-refractivity contribution in [1.82, 2.24) is 14.6 Å². The van der Waals surface area contributed by atoms with E-state index < -0.39 is 92.0 Å². The third-order valence-corrected chi connectivity index (χ3v) is 14.4. The molecule has 0 spiro atoms. The summed E-state index contributed by atoms with van der Waals surface area (Å²) >= 11 is 0. The minimum Gasteiger partial charge on any atom is -0.494 e. The SMILES string of the molecule is COc1cc2c(OC)cnc(O[C@@H]3C[C@H]4C(=O)C[C@]5(C(=O)NS(=O)(=O)C6(C(F)F)CC6)C[C@H]5/C=C\CC[C@@H](C)C[C@@H](C)[C@H](CC(=O)OC(C)(C)C)C(=O)N4C3)c2cc1F. The van der Waals surface area contributed by atoms with Crippen molar-refractivity contribution in [1.29, 1.82) is 0 Å². The van der Waals surface area contributed by atoms with E-state index in [0.29, 0.717) is 30.4 Å². The van der Waals surface area contributed by atoms with Crippen molar-refractivity contribution in [2.24, 2.45) is 29.1 Å². The number of hydrogen-bond donors (Lipinski definition) is 1. The van der Waals surface area contributed by atoms with Crippen LogP contribution in [0.2, 0.25) is 0 Å². The number of nitrogens with one attached hydrogen (secondary N) is 1. The zero-order chi connectivity index (χ0) is 43.2. The summed E-state index contributed by atoms with van der Waals surface area (Å²) in [5.41, 5.74) is -2.41. The summed E-state index contributed by atoms with van der Waals surface area (Å²) in [7, 11) is -2.06. The summed E-state index contributed by atoms with van der Waals surface area (Å²) < 4.78 is 91.5. The summed E-state index contributed by atoms with van der Waals surface area (Å²) in [6.45, 7) is 8.93. The summed E-state index contributed by atoms with van der Waals surface area (Å²) in [6, 6.07) is 1.41. The van der Waals surface area contributed by atoms with Crippen LogP contribution in [0.3, 0.4) is 0 Å². The first kappa shape index (κ1) is 44.2. The smallest absolute Gasteiger partial charge is 0.307 e. The van der Waals surface area contributed by atoms with Gasteiger partial charge in [-0.05, 0) is 89.2 Å². The minimum absolute atomic E-state index is 0.0102. The number of ether oxygens (including phenoxy) is 4. The molecule has 324 valence electrons. The van der Waals surface area contributed by atoms with Gasteiger partial charge >= 0.3 is 5.97 Å². The number of methoxy groups -OCH3 is 2. The first-order valence-corrected chi connectivity index (χ1v) is 21.6. The second kappa shape index (κ2) is 16.6. The van der Waals surface area contributed by atoms with Gasteiger partial charge in [0, 0.05) is 18.2 Å². The molecule has 7 atom stereocenters. The molecule has 2 amide bonds. The Morgan fingerprint density at radius 3 is 2.37 bits per heavy atom. The van der Waals surface area contributed by atoms with Gasteiger partial charge in [-0.2, -0.15) is 0 Å². The van der Waals surface area contributed by atoms with Crippen LogP contribution in [0.25, 0.3) is 10.8 Å². The van der Waals surface area contributed by atoms with Crippen LogP contribution < -0.4 is 18.9 Å². The van der Waals surface area contributed by atoms with Gasteiger partial charge in [-0.1, -0.05) is 26.0 Å². The summed E-state index contributed by atoms with van der Waals surface area (Å²) in [4.78, 5) is 62.6. The molecule has 3 heterocycles. The van der Waals surface area contributed by atoms with Crippen molar-refractivity contribution >= 4 is 44.4 Å². The number of carbonyl (C=O) groups excluding carboxylic acids is 4. The molecule has 0 radical (unpaired) electrons. The Kier molecular flexibility index (Phi) is 12.4. The molecule has 6 rings (SSSR count). The number of alkyl halides is 2. The van der Waals surface area contributed by atoms with E-state index in [1.165, 1.54) is 37.4 Å². The number of pyridine rings is 1. The van der Waals surface area contributed by atoms with Crippen LogP contribution in [0.4, 0.5) is 13.2 Å². The van der Waals surface area contributed by atoms with Gasteiger partial charge in [0.15, 0.2) is 22.1 Å². The molecule has 0 unspecified atom stereocenters. The topological polar surface area (TPSA) is 167 Å². The highest BCUT2D eigenvalue weighted by Gasteiger charge is 2.66. The fourth-order valence-corrected chi connectivity index (χ4v) is 10.2. The van der Waals surface area contributed by atoms with Gasteiger partial charge in [0.1, 0.15) is 17.5 Å². The van der Waals surface area contributed by atoms with Crippen LogP contribution in [0, 0.1) is 34.9 Å². The summed E-state index contributed by atoms with van der Waals surface area (Å²) in [5, 5.41) is 0.656. The lowest BCUT2D eigenvalue weighted by Gasteiger charge is -2.32. The van der Waals surface area contributed by atoms with E-state index >= 15 is 4.39 Å². The molecule has 13 nitrogen and oxygen atoms in total. The Morgan fingerprint density at radius 2 is 1.75 bits per heavy atom. The number of halogens is 3. The molecule has 1 aromatic carbocycles. The number of benzene rings is 1. The fraction of sp³-hybridized carbons (Fsp3) is 0.643. The maximum absolute atomic E-state index is 15.1. The Bertz CT molecular complexity index is 2120. The number of carbonyl (C=O) groups is 4. The van der Waals surface area contributed by atoms with E-state index in [1.54, 1.807) is 26.8 Å². The van der Waals surface area contributed by atoms with E-state index in [2.05, 4.69) is 4.98 Å². The molecule has 0 bridgehead atoms. The van der Waals surface area contributed by atoms with Gasteiger partial charge in [0.05, 0.1) is 56.1 Å². The highest BCUT2D eigenvalue weighted by Crippen LogP contribution is 2.58. The molecule has 2 aromatic rings. The first-order valence-electron chi connectivity index (χ1n) is 20.1. The third-order valence-electron chi connectivity index (χ3n) is 12.3. The summed E-state index contributed by atoms with van der Waals surface area (Å²) in [6.07, 6.45) is 1.42. The number of Topliss-reactive ketones (excluding diaryl/α,β-unsaturated/α-hetero) is 1. The lowest BCUT2D eigenvalue weighted by atomic mass is 9.82. The van der Waals surface area contributed by atoms with Crippen molar-refractivity contribution in [3.05, 3.63) is 36.3 Å². The molecule has 1 aromatic heterocycles. The minimum atomic E-state index is -4.80. The van der Waals surface area contributed by atoms with Gasteiger partial charge in [0.25, 0.3) is 6.43 Å². The van der Waals surface area contributed by atoms with E-state index in [1.807, 2.05) is 24.6 Å². The predicted octanol–water partition coefficient (Wildman–Crippen LogP) is 6.31. The zero-order valence-corrected chi connectivity index (χ0v) is 35.3. The monoisotopic (exact) mass is 849 g/mol. The van der Waals surface area contributed by atoms with Gasteiger partial charge in [-0.25, -0.2) is 26.6 Å². The summed E-state index contributed by atoms with van der Waals surface area (Å²) in [5.74, 6) is -4.87. The molecule has 2 aliphatic carbocycles. The third kappa shape index (κ3) is 9.04. The molecule has 1 saturated heterocycles. The van der Waals surface area contributed by atoms with Crippen LogP contribution in [-0.4, -0.2) is 91.6 Å². The molecule has 17 heteroatoms. The molecule has 1 N–H and O–H groups in total. The van der Waals surface area contributed by atoms with Crippen LogP contribution in [0.5, 0.6) is 17.4 Å². The number of allylic oxidation sites excluding steroid dienone is 2. The first-order chi connectivity index (χ1) is 27.6. The molecular formula is C42H54F3N3O10S. The van der Waals surface area contributed by atoms with Crippen molar-refractivity contribution in [3.63, 3.8) is 0 Å². The Morgan fingerprint density at radius 1 is 1.05 bits per heavy atom. The maximum atomic E-state index is 15.1. The molecule has 4 aliphatic rings. The molecular weight excluding hydrogens is 796 g/mol. The second-order valence-electron chi connectivity index (χ2n) is 17.8. The van der Waals surface area contributed by atoms with Crippen molar-refractivity contribution in [2.45, 2.75) is 121 Å². The molecule has 59 heavy (non-hydrogen) atoms. The molecule has 2 aliphatic heterocycles. The van der Waals surface area contributed by atoms with Crippen LogP contribution >= 0.6 is 0 Å². The van der Waals surface area contributed by atoms with Crippen molar-refractivity contribution < 1.29 is 59.7 Å². The fourth-order valence-electron chi connectivity index (χ4n) is 8.67. The Hall–Kier alpha value is -4.41. The highest BCUT2D eigenvalue weighted by molar-refractivity contribution is 7.91. The zero-order valence-electron chi connectivity index (χ0n) is 34.5. The molecule has 2 saturated carbocycles. The van der Waals surface area contributed by atoms with Gasteiger partial charge in [0.2, 0.25) is 27.7 Å². The van der Waals surface area contributed by atoms with Crippen LogP contribution in [-0.2, 0) is 33.9 Å². The number of aromatic nitrogens is 1. The second-order valence-corrected chi connectivity index (χ2v) is 19.8. The largest absolute Gasteiger partial charge is 0.494 e. The van der Waals surface area contributed by atoms with Crippen molar-refractivity contribution in [3.8, 4) is 17.4 Å². The number of amides is 2. The number of rotatable bonds is 10. The van der Waals surface area contributed by atoms with Crippen LogP contribution in [0.15, 0.2) is 30.5 Å². The lowest BCUT2D eigenvalue weighted by Crippen LogP contribution is -2.49. The Labute approximate surface area is 342 Å². The quantitative estimate of drug-likeness (QED) is 0.210. The van der Waals surface area contributed by atoms with E-state index in [9.17, 15) is 36.4 Å². The van der Waals surface area contributed by atoms with Gasteiger partial charge in [-0.3, -0.25) is 23.9 Å². The van der Waals surface area contributed by atoms with Gasteiger partial charge in [-0.15, -0.1) is 0 Å². The predicted molar refractivity (Wildman–Crippen MR) is 210 cm³/mol. The van der Waals surface area contributed by atoms with E-state index in [0.717, 1.165) is 0 Å². The number of fused-ring (bicyclic) bond motifs is 3. The average molecular weight is 850 g/mol. The van der Waals surface area contributed by atoms with E-state index in [4.69, 9.17) is 18.9 Å². The standard InChI is InChI=1S/C42H54F3N3O10S/c1-23-10-8-9-11-25-19-41(25,39(52)47-59(53,54)42(12-13-42)38(44)45)20-32(49)31-15-26(22-48(31)37(51)27(24(2)14-23)18-35(50)58-40(3,4)5)57-36-29-16-30(43)33(55-6)17-28(29)34(56-7)21-46-36/h9,11,16-17,21,23-27,31,38H,8,10,12-15,18-20,22H2,1-7H3,(H,47,52)/b11-9-/t23-,24-,25-,26-,27+,31+,41-/m1/s1. The highest BCUT2D eigenvalue weighted by atomic mass is 32.2. The average Bonchev–Trinajstić information content (AvgIpc) is 4.06. The molecule has 3 fully saturated rings. The number of esters is 1. The number of nitrogens with zero attached hydrogens (tertiary/aromatic N) is 2. The normalized spacial score (nSPS) is 29.1.